The van der Waals surface area contributed by atoms with Gasteiger partial charge in [0.25, 0.3) is 0 Å². The van der Waals surface area contributed by atoms with Crippen LogP contribution in [0.1, 0.15) is 11.1 Å². The zero-order valence-corrected chi connectivity index (χ0v) is 6.60. The lowest BCUT2D eigenvalue weighted by Gasteiger charge is -1.95. The molecule has 0 aliphatic rings. The van der Waals surface area contributed by atoms with E-state index in [1.807, 2.05) is 24.3 Å². The summed E-state index contributed by atoms with van der Waals surface area (Å²) in [6.45, 7) is 2.06. The maximum Gasteiger partial charge on any atom is 0.00485 e. The van der Waals surface area contributed by atoms with E-state index in [0.29, 0.717) is 0 Å². The van der Waals surface area contributed by atoms with Gasteiger partial charge in [0.05, 0.1) is 0 Å². The van der Waals surface area contributed by atoms with Crippen LogP contribution in [-0.2, 0) is 0 Å². The monoisotopic (exact) mass is 152 g/mol. The van der Waals surface area contributed by atoms with Gasteiger partial charge in [0.1, 0.15) is 0 Å². The molecule has 0 aliphatic carbocycles. The minimum atomic E-state index is 1.18. The predicted octanol–water partition coefficient (Wildman–Crippen LogP) is 3.20. The normalized spacial score (nSPS) is 10.6. The van der Waals surface area contributed by atoms with Crippen LogP contribution in [0.25, 0.3) is 6.08 Å². The zero-order chi connectivity index (χ0) is 7.40. The topological polar surface area (TPSA) is 0 Å². The fraction of sp³-hybridized carbons (Fsp3) is 0.111. The summed E-state index contributed by atoms with van der Waals surface area (Å²) in [5.74, 6) is 0. The lowest BCUT2D eigenvalue weighted by Crippen LogP contribution is -1.76. The van der Waals surface area contributed by atoms with Gasteiger partial charge in [-0.15, -0.1) is 0 Å². The van der Waals surface area contributed by atoms with Gasteiger partial charge in [-0.3, -0.25) is 0 Å². The van der Waals surface area contributed by atoms with E-state index in [0.717, 1.165) is 0 Å². The zero-order valence-electron chi connectivity index (χ0n) is 5.84. The Balaban J connectivity index is 3.03. The van der Waals surface area contributed by atoms with Gasteiger partial charge in [0, 0.05) is 5.54 Å². The van der Waals surface area contributed by atoms with Gasteiger partial charge in [-0.25, -0.2) is 0 Å². The Morgan fingerprint density at radius 1 is 1.30 bits per heavy atom. The first-order valence-corrected chi connectivity index (χ1v) is 3.60. The van der Waals surface area contributed by atoms with Crippen molar-refractivity contribution in [2.24, 2.45) is 0 Å². The van der Waals surface area contributed by atoms with Crippen LogP contribution in [0, 0.1) is 6.92 Å². The third-order valence-electron chi connectivity index (χ3n) is 1.43. The Bertz CT molecular complexity index is 238. The van der Waals surface area contributed by atoms with Crippen molar-refractivity contribution in [3.8, 4) is 0 Å². The van der Waals surface area contributed by atoms with Crippen molar-refractivity contribution in [3.63, 3.8) is 0 Å². The predicted molar refractivity (Wildman–Crippen MR) is 46.1 cm³/mol. The molecule has 0 nitrogen and oxygen atoms in total. The molecule has 1 aromatic rings. The molecular formula is C9H9Cl. The first-order valence-electron chi connectivity index (χ1n) is 3.17. The molecule has 0 aromatic heterocycles. The van der Waals surface area contributed by atoms with E-state index in [4.69, 9.17) is 11.6 Å². The number of benzene rings is 1. The van der Waals surface area contributed by atoms with E-state index in [-0.39, 0.29) is 0 Å². The van der Waals surface area contributed by atoms with Crippen molar-refractivity contribution in [1.82, 2.24) is 0 Å². The molecule has 1 aromatic carbocycles. The molecule has 0 radical (unpaired) electrons. The Kier molecular flexibility index (Phi) is 2.52. The second-order valence-corrected chi connectivity index (χ2v) is 2.40. The average molecular weight is 153 g/mol. The number of hydrogen-bond acceptors (Lipinski definition) is 0. The summed E-state index contributed by atoms with van der Waals surface area (Å²) in [4.78, 5) is 0. The standard InChI is InChI=1S/C9H9Cl/c1-8-4-2-3-5-9(8)6-7-10/h2-7H,1H3. The highest BCUT2D eigenvalue weighted by Gasteiger charge is 1.88. The van der Waals surface area contributed by atoms with Crippen molar-refractivity contribution < 1.29 is 0 Å². The second-order valence-electron chi connectivity index (χ2n) is 2.15. The van der Waals surface area contributed by atoms with Crippen molar-refractivity contribution in [3.05, 3.63) is 40.9 Å². The highest BCUT2D eigenvalue weighted by Crippen LogP contribution is 2.08. The van der Waals surface area contributed by atoms with Crippen LogP contribution in [0.3, 0.4) is 0 Å². The fourth-order valence-corrected chi connectivity index (χ4v) is 0.977. The summed E-state index contributed by atoms with van der Waals surface area (Å²) < 4.78 is 0. The van der Waals surface area contributed by atoms with Crippen LogP contribution in [0.2, 0.25) is 0 Å². The van der Waals surface area contributed by atoms with Crippen LogP contribution < -0.4 is 0 Å². The van der Waals surface area contributed by atoms with Crippen LogP contribution >= 0.6 is 11.6 Å². The molecule has 0 aliphatic heterocycles. The Hall–Kier alpha value is -0.750. The van der Waals surface area contributed by atoms with E-state index in [9.17, 15) is 0 Å². The maximum absolute atomic E-state index is 5.43. The van der Waals surface area contributed by atoms with Gasteiger partial charge in [-0.1, -0.05) is 35.9 Å². The largest absolute Gasteiger partial charge is 0.0929 e. The molecule has 0 amide bonds. The summed E-state index contributed by atoms with van der Waals surface area (Å²) in [7, 11) is 0. The first-order chi connectivity index (χ1) is 4.84. The average Bonchev–Trinajstić information content (AvgIpc) is 1.94. The highest BCUT2D eigenvalue weighted by molar-refractivity contribution is 6.27. The number of aryl methyl sites for hydroxylation is 1. The molecule has 0 atom stereocenters. The van der Waals surface area contributed by atoms with Gasteiger partial charge < -0.3 is 0 Å². The van der Waals surface area contributed by atoms with E-state index in [2.05, 4.69) is 13.0 Å². The lowest BCUT2D eigenvalue weighted by molar-refractivity contribution is 1.45. The molecule has 0 saturated carbocycles. The van der Waals surface area contributed by atoms with Crippen molar-refractivity contribution >= 4 is 17.7 Å². The quantitative estimate of drug-likeness (QED) is 0.580. The molecule has 0 fully saturated rings. The van der Waals surface area contributed by atoms with Gasteiger partial charge in [-0.2, -0.15) is 0 Å². The van der Waals surface area contributed by atoms with E-state index in [1.165, 1.54) is 16.7 Å². The van der Waals surface area contributed by atoms with E-state index in [1.54, 1.807) is 0 Å². The van der Waals surface area contributed by atoms with Crippen LogP contribution in [0.4, 0.5) is 0 Å². The molecule has 1 heteroatoms. The number of halogens is 1. The summed E-state index contributed by atoms with van der Waals surface area (Å²) >= 11 is 5.43. The molecule has 0 saturated heterocycles. The highest BCUT2D eigenvalue weighted by atomic mass is 35.5. The fourth-order valence-electron chi connectivity index (χ4n) is 0.842. The summed E-state index contributed by atoms with van der Waals surface area (Å²) in [5.41, 5.74) is 3.96. The molecule has 0 bridgehead atoms. The third-order valence-corrected chi connectivity index (χ3v) is 1.56. The minimum Gasteiger partial charge on any atom is -0.0929 e. The van der Waals surface area contributed by atoms with Gasteiger partial charge >= 0.3 is 0 Å². The Labute approximate surface area is 66.1 Å². The molecule has 0 N–H and O–H groups in total. The van der Waals surface area contributed by atoms with Crippen molar-refractivity contribution in [2.75, 3.05) is 0 Å². The Morgan fingerprint density at radius 3 is 2.60 bits per heavy atom. The molecular weight excluding hydrogens is 144 g/mol. The molecule has 1 rings (SSSR count). The Morgan fingerprint density at radius 2 is 2.00 bits per heavy atom. The van der Waals surface area contributed by atoms with Crippen LogP contribution in [-0.4, -0.2) is 0 Å². The number of rotatable bonds is 1. The van der Waals surface area contributed by atoms with Crippen molar-refractivity contribution in [1.29, 1.82) is 0 Å². The third kappa shape index (κ3) is 1.61. The summed E-state index contributed by atoms with van der Waals surface area (Å²) in [5, 5.41) is 0. The van der Waals surface area contributed by atoms with Crippen LogP contribution in [0.15, 0.2) is 29.8 Å². The molecule has 0 heterocycles. The molecule has 0 unspecified atom stereocenters. The van der Waals surface area contributed by atoms with Gasteiger partial charge in [-0.05, 0) is 24.1 Å². The molecule has 52 valence electrons. The smallest absolute Gasteiger partial charge is 0.00485 e. The SMILES string of the molecule is Cc1ccccc1C=CCl. The molecule has 0 spiro atoms. The number of hydrogen-bond donors (Lipinski definition) is 0. The first kappa shape index (κ1) is 7.36. The van der Waals surface area contributed by atoms with E-state index >= 15 is 0 Å². The summed E-state index contributed by atoms with van der Waals surface area (Å²) in [6.07, 6.45) is 1.89. The van der Waals surface area contributed by atoms with Gasteiger partial charge in [0.2, 0.25) is 0 Å². The lowest BCUT2D eigenvalue weighted by atomic mass is 10.1. The minimum absolute atomic E-state index is 1.18. The van der Waals surface area contributed by atoms with Crippen molar-refractivity contribution in [2.45, 2.75) is 6.92 Å². The van der Waals surface area contributed by atoms with Gasteiger partial charge in [0.15, 0.2) is 0 Å². The second kappa shape index (κ2) is 3.43. The van der Waals surface area contributed by atoms with E-state index < -0.39 is 0 Å². The maximum atomic E-state index is 5.43. The van der Waals surface area contributed by atoms with Crippen LogP contribution in [0.5, 0.6) is 0 Å². The summed E-state index contributed by atoms with van der Waals surface area (Å²) in [6, 6.07) is 8.11. The molecule has 10 heavy (non-hydrogen) atoms.